The fourth-order valence-electron chi connectivity index (χ4n) is 6.86. The fourth-order valence-corrected chi connectivity index (χ4v) is 6.86. The summed E-state index contributed by atoms with van der Waals surface area (Å²) in [5, 5.41) is 10.2. The molecule has 0 aliphatic carbocycles. The first kappa shape index (κ1) is 25.5. The topological polar surface area (TPSA) is 16.1 Å². The predicted octanol–water partition coefficient (Wildman–Crippen LogP) is 11.9. The Morgan fingerprint density at radius 1 is 0.333 bits per heavy atom. The number of hydrogen-bond donors (Lipinski definition) is 0. The molecule has 0 fully saturated rings. The van der Waals surface area contributed by atoms with E-state index in [0.29, 0.717) is 0 Å². The van der Waals surface area contributed by atoms with Gasteiger partial charge in [0.1, 0.15) is 0 Å². The zero-order valence-corrected chi connectivity index (χ0v) is 24.6. The molecule has 0 saturated heterocycles. The van der Waals surface area contributed by atoms with Crippen molar-refractivity contribution in [2.75, 3.05) is 4.90 Å². The molecule has 1 heterocycles. The Balaban J connectivity index is 1.12. The second-order valence-corrected chi connectivity index (χ2v) is 11.7. The molecule has 45 heavy (non-hydrogen) atoms. The molecule has 0 aliphatic heterocycles. The average Bonchev–Trinajstić information content (AvgIpc) is 3.11. The van der Waals surface area contributed by atoms with Crippen LogP contribution in [-0.4, -0.2) is 4.98 Å². The van der Waals surface area contributed by atoms with E-state index in [1.54, 1.807) is 0 Å². The SMILES string of the molecule is c1ccc(-c2cc3ccc4cc(-c5ccc6cc(N(c7ccccc7)c7cccnc7)ccc6c5)cc5ccc(c2)c3c45)cc1. The number of pyridine rings is 1. The molecule has 2 heteroatoms. The van der Waals surface area contributed by atoms with E-state index in [0.717, 1.165) is 17.1 Å². The molecule has 8 aromatic carbocycles. The third kappa shape index (κ3) is 4.39. The number of benzene rings is 8. The lowest BCUT2D eigenvalue weighted by atomic mass is 9.89. The van der Waals surface area contributed by atoms with Crippen LogP contribution in [0.3, 0.4) is 0 Å². The second kappa shape index (κ2) is 10.3. The van der Waals surface area contributed by atoms with Crippen LogP contribution >= 0.6 is 0 Å². The maximum absolute atomic E-state index is 4.39. The van der Waals surface area contributed by atoms with E-state index in [-0.39, 0.29) is 0 Å². The largest absolute Gasteiger partial charge is 0.309 e. The Labute approximate surface area is 261 Å². The highest BCUT2D eigenvalue weighted by Crippen LogP contribution is 2.41. The van der Waals surface area contributed by atoms with Gasteiger partial charge in [-0.15, -0.1) is 0 Å². The van der Waals surface area contributed by atoms with Gasteiger partial charge in [0.15, 0.2) is 0 Å². The van der Waals surface area contributed by atoms with Crippen LogP contribution in [0.4, 0.5) is 17.1 Å². The first-order chi connectivity index (χ1) is 22.3. The van der Waals surface area contributed by atoms with Crippen molar-refractivity contribution in [2.24, 2.45) is 0 Å². The van der Waals surface area contributed by atoms with Gasteiger partial charge in [0.2, 0.25) is 0 Å². The first-order valence-electron chi connectivity index (χ1n) is 15.4. The van der Waals surface area contributed by atoms with E-state index in [4.69, 9.17) is 0 Å². The zero-order chi connectivity index (χ0) is 29.7. The standard InChI is InChI=1S/C43H28N2/c1-3-8-29(9-4-1)37-23-33-15-17-35-25-38(26-36-18-16-34(24-37)42(33)43(35)36)31-13-14-32-27-40(20-19-30(32)22-31)45(39-10-5-2-6-11-39)41-12-7-21-44-28-41/h1-28H. The minimum absolute atomic E-state index is 1.03. The summed E-state index contributed by atoms with van der Waals surface area (Å²) in [7, 11) is 0. The molecule has 0 spiro atoms. The maximum atomic E-state index is 4.39. The minimum Gasteiger partial charge on any atom is -0.309 e. The van der Waals surface area contributed by atoms with E-state index >= 15 is 0 Å². The molecule has 2 nitrogen and oxygen atoms in total. The van der Waals surface area contributed by atoms with Crippen molar-refractivity contribution in [2.45, 2.75) is 0 Å². The highest BCUT2D eigenvalue weighted by molar-refractivity contribution is 6.24. The molecule has 0 atom stereocenters. The Kier molecular flexibility index (Phi) is 5.85. The van der Waals surface area contributed by atoms with Crippen molar-refractivity contribution >= 4 is 60.2 Å². The Morgan fingerprint density at radius 2 is 0.844 bits per heavy atom. The lowest BCUT2D eigenvalue weighted by Crippen LogP contribution is -2.09. The van der Waals surface area contributed by atoms with Gasteiger partial charge >= 0.3 is 0 Å². The number of hydrogen-bond acceptors (Lipinski definition) is 2. The number of aromatic nitrogens is 1. The van der Waals surface area contributed by atoms with Gasteiger partial charge < -0.3 is 4.90 Å². The number of nitrogens with zero attached hydrogens (tertiary/aromatic N) is 2. The van der Waals surface area contributed by atoms with Crippen molar-refractivity contribution < 1.29 is 0 Å². The van der Waals surface area contributed by atoms with Crippen LogP contribution in [0.25, 0.3) is 65.3 Å². The van der Waals surface area contributed by atoms with Crippen LogP contribution in [-0.2, 0) is 0 Å². The zero-order valence-electron chi connectivity index (χ0n) is 24.6. The van der Waals surface area contributed by atoms with Gasteiger partial charge in [-0.25, -0.2) is 0 Å². The average molecular weight is 573 g/mol. The summed E-state index contributed by atoms with van der Waals surface area (Å²) in [6, 6.07) is 57.2. The van der Waals surface area contributed by atoms with E-state index in [9.17, 15) is 0 Å². The highest BCUT2D eigenvalue weighted by Gasteiger charge is 2.15. The number of para-hydroxylation sites is 1. The van der Waals surface area contributed by atoms with Gasteiger partial charge in [0.25, 0.3) is 0 Å². The molecule has 0 unspecified atom stereocenters. The normalized spacial score (nSPS) is 11.6. The number of fused-ring (bicyclic) bond motifs is 1. The van der Waals surface area contributed by atoms with E-state index in [1.165, 1.54) is 65.3 Å². The lowest BCUT2D eigenvalue weighted by molar-refractivity contribution is 1.23. The van der Waals surface area contributed by atoms with E-state index < -0.39 is 0 Å². The van der Waals surface area contributed by atoms with Crippen LogP contribution < -0.4 is 4.90 Å². The van der Waals surface area contributed by atoms with Crippen LogP contribution in [0.5, 0.6) is 0 Å². The summed E-state index contributed by atoms with van der Waals surface area (Å²) in [6.07, 6.45) is 3.73. The maximum Gasteiger partial charge on any atom is 0.0644 e. The molecule has 0 bridgehead atoms. The van der Waals surface area contributed by atoms with Crippen LogP contribution in [0.2, 0.25) is 0 Å². The fraction of sp³-hybridized carbons (Fsp3) is 0. The summed E-state index contributed by atoms with van der Waals surface area (Å²) in [4.78, 5) is 6.64. The van der Waals surface area contributed by atoms with Crippen molar-refractivity contribution in [1.82, 2.24) is 4.98 Å². The summed E-state index contributed by atoms with van der Waals surface area (Å²) < 4.78 is 0. The summed E-state index contributed by atoms with van der Waals surface area (Å²) >= 11 is 0. The van der Waals surface area contributed by atoms with Gasteiger partial charge in [-0.2, -0.15) is 0 Å². The molecule has 0 N–H and O–H groups in total. The van der Waals surface area contributed by atoms with Gasteiger partial charge in [-0.3, -0.25) is 4.98 Å². The monoisotopic (exact) mass is 572 g/mol. The Morgan fingerprint density at radius 3 is 1.47 bits per heavy atom. The summed E-state index contributed by atoms with van der Waals surface area (Å²) in [6.45, 7) is 0. The lowest BCUT2D eigenvalue weighted by Gasteiger charge is -2.25. The van der Waals surface area contributed by atoms with Crippen molar-refractivity contribution in [3.63, 3.8) is 0 Å². The molecular weight excluding hydrogens is 544 g/mol. The number of rotatable bonds is 5. The Hall–Kier alpha value is -5.99. The van der Waals surface area contributed by atoms with Crippen molar-refractivity contribution in [3.05, 3.63) is 170 Å². The van der Waals surface area contributed by atoms with Gasteiger partial charge in [-0.1, -0.05) is 91.0 Å². The van der Waals surface area contributed by atoms with Crippen LogP contribution in [0.15, 0.2) is 170 Å². The molecule has 0 aliphatic rings. The first-order valence-corrected chi connectivity index (χ1v) is 15.4. The van der Waals surface area contributed by atoms with Gasteiger partial charge in [0, 0.05) is 17.6 Å². The molecular formula is C43H28N2. The summed E-state index contributed by atoms with van der Waals surface area (Å²) in [5.41, 5.74) is 8.20. The molecule has 9 aromatic rings. The number of anilines is 3. The molecule has 210 valence electrons. The second-order valence-electron chi connectivity index (χ2n) is 11.7. The van der Waals surface area contributed by atoms with Crippen molar-refractivity contribution in [3.8, 4) is 22.3 Å². The predicted molar refractivity (Wildman–Crippen MR) is 191 cm³/mol. The van der Waals surface area contributed by atoms with Gasteiger partial charge in [-0.05, 0) is 132 Å². The van der Waals surface area contributed by atoms with Crippen LogP contribution in [0.1, 0.15) is 0 Å². The molecule has 1 aromatic heterocycles. The van der Waals surface area contributed by atoms with Crippen LogP contribution in [0, 0.1) is 0 Å². The molecule has 0 amide bonds. The smallest absolute Gasteiger partial charge is 0.0644 e. The van der Waals surface area contributed by atoms with Crippen molar-refractivity contribution in [1.29, 1.82) is 0 Å². The van der Waals surface area contributed by atoms with Gasteiger partial charge in [0.05, 0.1) is 11.9 Å². The highest BCUT2D eigenvalue weighted by atomic mass is 15.1. The Bertz CT molecular complexity index is 2360. The quantitative estimate of drug-likeness (QED) is 0.191. The van der Waals surface area contributed by atoms with E-state index in [2.05, 4.69) is 155 Å². The molecule has 9 rings (SSSR count). The third-order valence-electron chi connectivity index (χ3n) is 8.97. The summed E-state index contributed by atoms with van der Waals surface area (Å²) in [5.74, 6) is 0. The molecule has 0 saturated carbocycles. The molecule has 0 radical (unpaired) electrons. The van der Waals surface area contributed by atoms with E-state index in [1.807, 2.05) is 24.5 Å². The third-order valence-corrected chi connectivity index (χ3v) is 8.97. The minimum atomic E-state index is 1.03.